The minimum Gasteiger partial charge on any atom is -0.312 e. The summed E-state index contributed by atoms with van der Waals surface area (Å²) in [6.07, 6.45) is 0.0788. The van der Waals surface area contributed by atoms with Crippen molar-refractivity contribution in [1.29, 1.82) is 0 Å². The zero-order chi connectivity index (χ0) is 13.7. The lowest BCUT2D eigenvalue weighted by Crippen LogP contribution is -2.32. The lowest BCUT2D eigenvalue weighted by Gasteiger charge is -2.21. The van der Waals surface area contributed by atoms with E-state index in [1.165, 1.54) is 6.07 Å². The average Bonchev–Trinajstić information content (AvgIpc) is 2.43. The van der Waals surface area contributed by atoms with Gasteiger partial charge in [0.05, 0.1) is 6.42 Å². The van der Waals surface area contributed by atoms with Gasteiger partial charge in [-0.25, -0.2) is 4.39 Å². The molecule has 2 nitrogen and oxygen atoms in total. The summed E-state index contributed by atoms with van der Waals surface area (Å²) in [5.74, 6) is -0.432. The van der Waals surface area contributed by atoms with E-state index in [2.05, 4.69) is 0 Å². The molecule has 3 heteroatoms. The molecule has 19 heavy (non-hydrogen) atoms. The molecule has 0 aliphatic carbocycles. The zero-order valence-electron chi connectivity index (χ0n) is 10.8. The number of carbonyl (C=O) groups excluding carboxylic acids is 1. The Morgan fingerprint density at radius 1 is 1.05 bits per heavy atom. The van der Waals surface area contributed by atoms with E-state index in [1.54, 1.807) is 23.1 Å². The maximum atomic E-state index is 13.5. The van der Waals surface area contributed by atoms with Crippen LogP contribution < -0.4 is 4.90 Å². The molecule has 2 aromatic carbocycles. The maximum Gasteiger partial charge on any atom is 0.231 e. The topological polar surface area (TPSA) is 20.3 Å². The molecule has 0 unspecified atom stereocenters. The van der Waals surface area contributed by atoms with Crippen molar-refractivity contribution in [2.45, 2.75) is 13.3 Å². The maximum absolute atomic E-state index is 13.5. The van der Waals surface area contributed by atoms with Gasteiger partial charge in [-0.2, -0.15) is 0 Å². The molecular formula is C16H16FNO. The van der Waals surface area contributed by atoms with Crippen LogP contribution in [0.1, 0.15) is 12.5 Å². The van der Waals surface area contributed by atoms with Gasteiger partial charge in [-0.3, -0.25) is 4.79 Å². The van der Waals surface area contributed by atoms with Crippen LogP contribution in [-0.4, -0.2) is 12.5 Å². The predicted octanol–water partition coefficient (Wildman–Crippen LogP) is 3.42. The van der Waals surface area contributed by atoms with Crippen LogP contribution in [-0.2, 0) is 11.2 Å². The van der Waals surface area contributed by atoms with E-state index >= 15 is 0 Å². The van der Waals surface area contributed by atoms with Gasteiger partial charge in [-0.1, -0.05) is 36.4 Å². The number of carbonyl (C=O) groups is 1. The number of halogens is 1. The number of anilines is 1. The second-order valence-electron chi connectivity index (χ2n) is 4.24. The van der Waals surface area contributed by atoms with Crippen LogP contribution in [0, 0.1) is 5.82 Å². The fraction of sp³-hybridized carbons (Fsp3) is 0.188. The SMILES string of the molecule is CCN(C(=O)Cc1ccccc1F)c1ccccc1. The largest absolute Gasteiger partial charge is 0.312 e. The predicted molar refractivity (Wildman–Crippen MR) is 74.6 cm³/mol. The highest BCUT2D eigenvalue weighted by Gasteiger charge is 2.15. The van der Waals surface area contributed by atoms with Crippen LogP contribution >= 0.6 is 0 Å². The van der Waals surface area contributed by atoms with Gasteiger partial charge in [-0.05, 0) is 30.7 Å². The van der Waals surface area contributed by atoms with Crippen molar-refractivity contribution in [3.8, 4) is 0 Å². The fourth-order valence-electron chi connectivity index (χ4n) is 2.01. The normalized spacial score (nSPS) is 10.2. The molecule has 98 valence electrons. The van der Waals surface area contributed by atoms with Crippen LogP contribution in [0.3, 0.4) is 0 Å². The molecule has 1 amide bonds. The summed E-state index contributed by atoms with van der Waals surface area (Å²) in [5, 5.41) is 0. The first kappa shape index (κ1) is 13.3. The summed E-state index contributed by atoms with van der Waals surface area (Å²) < 4.78 is 13.5. The fourth-order valence-corrected chi connectivity index (χ4v) is 2.01. The molecule has 0 aliphatic heterocycles. The molecule has 0 bridgehead atoms. The molecule has 0 heterocycles. The number of rotatable bonds is 4. The van der Waals surface area contributed by atoms with E-state index in [0.717, 1.165) is 5.69 Å². The van der Waals surface area contributed by atoms with Crippen molar-refractivity contribution in [3.63, 3.8) is 0 Å². The van der Waals surface area contributed by atoms with E-state index in [-0.39, 0.29) is 18.1 Å². The van der Waals surface area contributed by atoms with Gasteiger partial charge >= 0.3 is 0 Å². The van der Waals surface area contributed by atoms with Crippen molar-refractivity contribution in [1.82, 2.24) is 0 Å². The van der Waals surface area contributed by atoms with Crippen LogP contribution in [0.15, 0.2) is 54.6 Å². The first-order chi connectivity index (χ1) is 9.22. The third-order valence-corrected chi connectivity index (χ3v) is 2.98. The summed E-state index contributed by atoms with van der Waals surface area (Å²) in [7, 11) is 0. The van der Waals surface area contributed by atoms with Gasteiger partial charge in [-0.15, -0.1) is 0 Å². The minimum atomic E-state index is -0.333. The Labute approximate surface area is 112 Å². The molecule has 2 aromatic rings. The van der Waals surface area contributed by atoms with Gasteiger partial charge in [0.2, 0.25) is 5.91 Å². The van der Waals surface area contributed by atoms with Gasteiger partial charge < -0.3 is 4.90 Å². The van der Waals surface area contributed by atoms with E-state index in [4.69, 9.17) is 0 Å². The second kappa shape index (κ2) is 6.14. The van der Waals surface area contributed by atoms with Crippen molar-refractivity contribution in [2.75, 3.05) is 11.4 Å². The first-order valence-electron chi connectivity index (χ1n) is 6.31. The quantitative estimate of drug-likeness (QED) is 0.821. The highest BCUT2D eigenvalue weighted by molar-refractivity contribution is 5.94. The van der Waals surface area contributed by atoms with E-state index in [0.29, 0.717) is 12.1 Å². The van der Waals surface area contributed by atoms with Crippen molar-refractivity contribution in [2.24, 2.45) is 0 Å². The van der Waals surface area contributed by atoms with Crippen molar-refractivity contribution < 1.29 is 9.18 Å². The number of amides is 1. The molecular weight excluding hydrogens is 241 g/mol. The first-order valence-corrected chi connectivity index (χ1v) is 6.31. The molecule has 0 atom stereocenters. The Bertz CT molecular complexity index is 554. The monoisotopic (exact) mass is 257 g/mol. The Kier molecular flexibility index (Phi) is 4.29. The number of nitrogens with zero attached hydrogens (tertiary/aromatic N) is 1. The third-order valence-electron chi connectivity index (χ3n) is 2.98. The Morgan fingerprint density at radius 2 is 1.68 bits per heavy atom. The summed E-state index contributed by atoms with van der Waals surface area (Å²) >= 11 is 0. The smallest absolute Gasteiger partial charge is 0.231 e. The van der Waals surface area contributed by atoms with E-state index in [1.807, 2.05) is 37.3 Å². The van der Waals surface area contributed by atoms with Gasteiger partial charge in [0.1, 0.15) is 5.82 Å². The number of hydrogen-bond acceptors (Lipinski definition) is 1. The van der Waals surface area contributed by atoms with Crippen LogP contribution in [0.25, 0.3) is 0 Å². The van der Waals surface area contributed by atoms with E-state index < -0.39 is 0 Å². The molecule has 0 saturated carbocycles. The molecule has 2 rings (SSSR count). The Hall–Kier alpha value is -2.16. The summed E-state index contributed by atoms with van der Waals surface area (Å²) in [4.78, 5) is 13.9. The van der Waals surface area contributed by atoms with Gasteiger partial charge in [0.25, 0.3) is 0 Å². The highest BCUT2D eigenvalue weighted by Crippen LogP contribution is 2.16. The molecule has 0 saturated heterocycles. The number of benzene rings is 2. The van der Waals surface area contributed by atoms with Crippen LogP contribution in [0.5, 0.6) is 0 Å². The number of para-hydroxylation sites is 1. The molecule has 0 spiro atoms. The van der Waals surface area contributed by atoms with Crippen LogP contribution in [0.2, 0.25) is 0 Å². The lowest BCUT2D eigenvalue weighted by atomic mass is 10.1. The third kappa shape index (κ3) is 3.19. The summed E-state index contributed by atoms with van der Waals surface area (Å²) in [6, 6.07) is 15.8. The van der Waals surface area contributed by atoms with Crippen molar-refractivity contribution in [3.05, 3.63) is 66.0 Å². The molecule has 0 radical (unpaired) electrons. The Balaban J connectivity index is 2.17. The second-order valence-corrected chi connectivity index (χ2v) is 4.24. The average molecular weight is 257 g/mol. The highest BCUT2D eigenvalue weighted by atomic mass is 19.1. The molecule has 0 N–H and O–H groups in total. The lowest BCUT2D eigenvalue weighted by molar-refractivity contribution is -0.118. The Morgan fingerprint density at radius 3 is 2.32 bits per heavy atom. The van der Waals surface area contributed by atoms with Crippen LogP contribution in [0.4, 0.5) is 10.1 Å². The summed E-state index contributed by atoms with van der Waals surface area (Å²) in [6.45, 7) is 2.48. The standard InChI is InChI=1S/C16H16FNO/c1-2-18(14-9-4-3-5-10-14)16(19)12-13-8-6-7-11-15(13)17/h3-11H,2,12H2,1H3. The number of hydrogen-bond donors (Lipinski definition) is 0. The molecule has 0 aromatic heterocycles. The molecule has 0 aliphatic rings. The van der Waals surface area contributed by atoms with Gasteiger partial charge in [0, 0.05) is 12.2 Å². The minimum absolute atomic E-state index is 0.0788. The summed E-state index contributed by atoms with van der Waals surface area (Å²) in [5.41, 5.74) is 1.27. The van der Waals surface area contributed by atoms with Crippen molar-refractivity contribution >= 4 is 11.6 Å². The number of likely N-dealkylation sites (N-methyl/N-ethyl adjacent to an activating group) is 1. The van der Waals surface area contributed by atoms with Gasteiger partial charge in [0.15, 0.2) is 0 Å². The molecule has 0 fully saturated rings. The zero-order valence-corrected chi connectivity index (χ0v) is 10.8. The van der Waals surface area contributed by atoms with E-state index in [9.17, 15) is 9.18 Å².